The van der Waals surface area contributed by atoms with Gasteiger partial charge in [0.2, 0.25) is 59.0 Å². The third-order valence-electron chi connectivity index (χ3n) is 13.7. The third-order valence-corrected chi connectivity index (χ3v) is 13.7. The van der Waals surface area contributed by atoms with Gasteiger partial charge in [-0.15, -0.1) is 0 Å². The Hall–Kier alpha value is -6.84. The van der Waals surface area contributed by atoms with Crippen LogP contribution in [0.25, 0.3) is 0 Å². The number of fused-ring (bicyclic) bond motifs is 1. The molecule has 5 atom stereocenters. The van der Waals surface area contributed by atoms with Gasteiger partial charge in [0.15, 0.2) is 0 Å². The van der Waals surface area contributed by atoms with Crippen LogP contribution in [-0.2, 0) is 49.5 Å². The number of nitrogens with two attached hydrogens (primary N) is 4. The van der Waals surface area contributed by atoms with E-state index in [0.717, 1.165) is 49.2 Å². The number of carbonyl (C=O) groups is 7. The van der Waals surface area contributed by atoms with Gasteiger partial charge in [-0.3, -0.25) is 24.0 Å². The van der Waals surface area contributed by atoms with Crippen LogP contribution in [0.5, 0.6) is 5.75 Å². The van der Waals surface area contributed by atoms with E-state index in [9.17, 15) is 50.7 Å². The number of ether oxygens (including phenoxy) is 5. The van der Waals surface area contributed by atoms with Crippen LogP contribution in [-0.4, -0.2) is 118 Å². The Morgan fingerprint density at radius 1 is 0.816 bits per heavy atom. The zero-order valence-corrected chi connectivity index (χ0v) is 53.3. The second-order valence-electron chi connectivity index (χ2n) is 22.5. The second kappa shape index (κ2) is 41.3. The van der Waals surface area contributed by atoms with Gasteiger partial charge >= 0.3 is 18.2 Å². The lowest BCUT2D eigenvalue weighted by atomic mass is 9.95. The van der Waals surface area contributed by atoms with E-state index in [1.165, 1.54) is 13.5 Å². The summed E-state index contributed by atoms with van der Waals surface area (Å²) in [5.41, 5.74) is 17.7. The number of hydrogen-bond acceptors (Lipinski definition) is 16. The van der Waals surface area contributed by atoms with Crippen molar-refractivity contribution in [2.75, 3.05) is 52.3 Å². The van der Waals surface area contributed by atoms with Crippen LogP contribution < -0.4 is 54.4 Å². The Morgan fingerprint density at radius 2 is 1.38 bits per heavy atom. The van der Waals surface area contributed by atoms with Gasteiger partial charge in [-0.25, -0.2) is 28.6 Å². The summed E-state index contributed by atoms with van der Waals surface area (Å²) in [7, 11) is 3.43. The van der Waals surface area contributed by atoms with Crippen LogP contribution in [0.2, 0.25) is 0 Å². The van der Waals surface area contributed by atoms with Crippen molar-refractivity contribution in [2.24, 2.45) is 52.6 Å². The minimum atomic E-state index is -2.31. The van der Waals surface area contributed by atoms with Crippen LogP contribution in [0, 0.1) is 58.7 Å². The fraction of sp³-hybridized carbons (Fsp3) is 0.650. The average Bonchev–Trinajstić information content (AvgIpc) is 2.33. The number of carbonyl (C=O) groups excluding carboxylic acids is 7. The molecule has 6 amide bonds. The number of hydrogen-bond donors (Lipinski definition) is 9. The monoisotopic (exact) mass is 1250 g/mol. The molecule has 22 nitrogen and oxygen atoms in total. The molecule has 13 N–H and O–H groups in total. The summed E-state index contributed by atoms with van der Waals surface area (Å²) in [5.74, 6) is -6.94. The lowest BCUT2D eigenvalue weighted by Gasteiger charge is -2.39. The van der Waals surface area contributed by atoms with Crippen molar-refractivity contribution in [3.8, 4) is 5.75 Å². The van der Waals surface area contributed by atoms with E-state index in [1.807, 2.05) is 69.4 Å². The first-order valence-electron chi connectivity index (χ1n) is 29.3. The molecule has 0 radical (unpaired) electrons. The highest BCUT2D eigenvalue weighted by molar-refractivity contribution is 5.96. The van der Waals surface area contributed by atoms with Gasteiger partial charge < -0.3 is 72.5 Å². The molecule has 5 unspecified atom stereocenters. The summed E-state index contributed by atoms with van der Waals surface area (Å²) in [6.07, 6.45) is 4.35. The molecule has 2 aliphatic carbocycles. The molecule has 4 rings (SSSR count). The van der Waals surface area contributed by atoms with Crippen molar-refractivity contribution < 1.29 is 79.2 Å². The first kappa shape index (κ1) is 80.2. The Labute approximate surface area is 510 Å². The molecule has 496 valence electrons. The van der Waals surface area contributed by atoms with Crippen LogP contribution in [0.4, 0.5) is 37.2 Å². The molecule has 2 aromatic carbocycles. The first-order chi connectivity index (χ1) is 40.8. The Kier molecular flexibility index (Phi) is 38.1. The maximum Gasteiger partial charge on any atom is 0.407 e. The van der Waals surface area contributed by atoms with Crippen LogP contribution in [0.1, 0.15) is 153 Å². The number of hydrazine groups is 1. The lowest BCUT2D eigenvalue weighted by Crippen LogP contribution is -2.51. The molecule has 0 bridgehead atoms. The number of halogens is 5. The average molecular weight is 1250 g/mol. The molecule has 1 saturated carbocycles. The molecular weight excluding hydrogens is 1150 g/mol. The number of nitrogens with one attached hydrogen (secondary N) is 5. The summed E-state index contributed by atoms with van der Waals surface area (Å²) in [6.45, 7) is 25.2. The van der Waals surface area contributed by atoms with Crippen molar-refractivity contribution >= 4 is 48.0 Å². The topological polar surface area (TPSA) is 333 Å². The standard InChI is InChI=1S/C37H60N8O8.C16H19F5O3.C4H11N.C2H6.CH3NO/c1-22(2)33(34(48)42-19-32(47)43-25-10-8-24(9-11-25)20-53-36(50)41-6)44-31(46)16-7-23(3)51-18-17-37(4,5)45(40)30-15-13-27-26(12-14-29(30)38)28(27)21-52-35(39)49;1-8(2)7-23-16(3,4)6-5-9(22)24-15-13(20)11(18)10(17)12(19)14(15)21;1-3-4-5-2;1-2;2-1-3/h8-11,22-23,26-28,33H,7,12-21,38,40H2,1-6H3,(H2,39,49)(H,41,50)(H,42,48)(H,43,47)(H,44,46);8H,5-7H2,1-4H3;5H,3-4H2,1-2H3;1-2H3;1H,(H2,2,3)/b30-29-;;;;. The highest BCUT2D eigenvalue weighted by atomic mass is 19.2. The number of rotatable bonds is 28. The number of esters is 1. The fourth-order valence-corrected chi connectivity index (χ4v) is 8.55. The maximum absolute atomic E-state index is 13.4. The van der Waals surface area contributed by atoms with Crippen molar-refractivity contribution in [3.63, 3.8) is 0 Å². The van der Waals surface area contributed by atoms with Gasteiger partial charge in [-0.2, -0.15) is 8.78 Å². The number of amides is 6. The SMILES string of the molecule is CC.CC(C)COC(C)(C)CCC(=O)Oc1c(F)c(F)c(F)c(F)c1F.CCCNC.CNC(=O)OCc1ccc(NC(=O)CNC(=O)C(NC(=O)CCC(C)OCCC(C)(C)N(N)/C2=C(\N)CCC3C(CC2)C3COC(N)=O)C(C)C)cc1.NC=O. The third kappa shape index (κ3) is 30.6. The number of alkyl carbamates (subject to hydrolysis) is 1. The molecule has 2 aromatic rings. The molecule has 27 heteroatoms. The van der Waals surface area contributed by atoms with Gasteiger partial charge in [-0.05, 0) is 147 Å². The van der Waals surface area contributed by atoms with E-state index in [1.54, 1.807) is 43.1 Å². The van der Waals surface area contributed by atoms with Crippen molar-refractivity contribution in [2.45, 2.75) is 177 Å². The summed E-state index contributed by atoms with van der Waals surface area (Å²) in [5, 5.41) is 15.3. The predicted molar refractivity (Wildman–Crippen MR) is 321 cm³/mol. The van der Waals surface area contributed by atoms with Gasteiger partial charge in [0, 0.05) is 50.2 Å². The summed E-state index contributed by atoms with van der Waals surface area (Å²) in [4.78, 5) is 80.8. The van der Waals surface area contributed by atoms with E-state index in [0.29, 0.717) is 56.1 Å². The maximum atomic E-state index is 13.4. The lowest BCUT2D eigenvalue weighted by molar-refractivity contribution is -0.137. The van der Waals surface area contributed by atoms with Gasteiger partial charge in [-0.1, -0.05) is 60.6 Å². The van der Waals surface area contributed by atoms with Crippen molar-refractivity contribution in [1.82, 2.24) is 26.3 Å². The Morgan fingerprint density at radius 3 is 1.89 bits per heavy atom. The number of allylic oxidation sites excluding steroid dienone is 2. The second-order valence-corrected chi connectivity index (χ2v) is 22.5. The Balaban J connectivity index is 0.00000179. The van der Waals surface area contributed by atoms with Crippen molar-refractivity contribution in [3.05, 3.63) is 70.3 Å². The first-order valence-corrected chi connectivity index (χ1v) is 29.3. The van der Waals surface area contributed by atoms with E-state index in [4.69, 9.17) is 41.1 Å². The summed E-state index contributed by atoms with van der Waals surface area (Å²) in [6, 6.07) is 5.93. The molecular formula is C60H99F5N10O12. The molecule has 2 aliphatic rings. The molecule has 0 spiro atoms. The summed E-state index contributed by atoms with van der Waals surface area (Å²) >= 11 is 0. The molecule has 1 fully saturated rings. The number of anilines is 1. The highest BCUT2D eigenvalue weighted by Gasteiger charge is 2.50. The van der Waals surface area contributed by atoms with E-state index < -0.39 is 82.0 Å². The normalized spacial score (nSPS) is 16.6. The minimum absolute atomic E-state index is 0.0855. The van der Waals surface area contributed by atoms with E-state index in [-0.39, 0.29) is 62.7 Å². The fourth-order valence-electron chi connectivity index (χ4n) is 8.55. The Bertz CT molecular complexity index is 2460. The molecule has 87 heavy (non-hydrogen) atoms. The number of nitrogens with zero attached hydrogens (tertiary/aromatic N) is 1. The molecule has 0 saturated heterocycles. The number of primary amides is 2. The quantitative estimate of drug-likeness (QED) is 0.00566. The molecule has 0 heterocycles. The van der Waals surface area contributed by atoms with Crippen molar-refractivity contribution in [1.29, 1.82) is 0 Å². The van der Waals surface area contributed by atoms with Gasteiger partial charge in [0.25, 0.3) is 0 Å². The zero-order chi connectivity index (χ0) is 66.8. The highest BCUT2D eigenvalue weighted by Crippen LogP contribution is 2.54. The zero-order valence-electron chi connectivity index (χ0n) is 53.3. The minimum Gasteiger partial charge on any atom is -0.449 e. The largest absolute Gasteiger partial charge is 0.449 e. The van der Waals surface area contributed by atoms with E-state index >= 15 is 0 Å². The molecule has 0 aliphatic heterocycles. The van der Waals surface area contributed by atoms with Crippen LogP contribution in [0.3, 0.4) is 0 Å². The van der Waals surface area contributed by atoms with Gasteiger partial charge in [0.1, 0.15) is 12.6 Å². The summed E-state index contributed by atoms with van der Waals surface area (Å²) < 4.78 is 91.8. The van der Waals surface area contributed by atoms with Gasteiger partial charge in [0.05, 0.1) is 30.4 Å². The predicted octanol–water partition coefficient (Wildman–Crippen LogP) is 8.23. The smallest absolute Gasteiger partial charge is 0.407 e. The van der Waals surface area contributed by atoms with Crippen LogP contribution >= 0.6 is 0 Å². The van der Waals surface area contributed by atoms with Crippen LogP contribution in [0.15, 0.2) is 35.7 Å². The van der Waals surface area contributed by atoms with E-state index in [2.05, 4.69) is 44.0 Å². The molecule has 0 aromatic heterocycles. The number of benzene rings is 2.